The second-order valence-corrected chi connectivity index (χ2v) is 6.06. The summed E-state index contributed by atoms with van der Waals surface area (Å²) in [7, 11) is 0. The van der Waals surface area contributed by atoms with Crippen LogP contribution in [-0.4, -0.2) is 47.3 Å². The maximum atomic E-state index is 12.1. The van der Waals surface area contributed by atoms with Crippen LogP contribution >= 0.6 is 11.8 Å². The van der Waals surface area contributed by atoms with Crippen molar-refractivity contribution < 1.29 is 14.4 Å². The van der Waals surface area contributed by atoms with Crippen LogP contribution in [0.5, 0.6) is 0 Å². The van der Waals surface area contributed by atoms with Crippen molar-refractivity contribution >= 4 is 35.3 Å². The van der Waals surface area contributed by atoms with Crippen LogP contribution in [0, 0.1) is 6.92 Å². The van der Waals surface area contributed by atoms with E-state index in [0.717, 1.165) is 16.2 Å². The number of aryl methyl sites for hydroxylation is 1. The molecule has 1 aliphatic rings. The molecule has 0 saturated carbocycles. The van der Waals surface area contributed by atoms with Crippen molar-refractivity contribution in [1.29, 1.82) is 0 Å². The van der Waals surface area contributed by atoms with E-state index in [1.807, 2.05) is 31.4 Å². The molecule has 0 aromatic heterocycles. The third-order valence-electron chi connectivity index (χ3n) is 3.44. The SMILES string of the molecule is CSCC[C@H]1NC(=O)N(CC(=O)Nc2ccccc2C)C1=O. The van der Waals surface area contributed by atoms with E-state index in [4.69, 9.17) is 0 Å². The van der Waals surface area contributed by atoms with Crippen LogP contribution in [0.1, 0.15) is 12.0 Å². The second kappa shape index (κ2) is 7.31. The molecule has 0 aliphatic carbocycles. The standard InChI is InChI=1S/C15H19N3O3S/c1-10-5-3-4-6-11(10)16-13(19)9-18-14(20)12(7-8-22-2)17-15(18)21/h3-6,12H,7-9H2,1-2H3,(H,16,19)(H,17,21)/t12-/m1/s1. The molecule has 4 amide bonds. The molecule has 2 N–H and O–H groups in total. The van der Waals surface area contributed by atoms with Gasteiger partial charge in [-0.1, -0.05) is 18.2 Å². The van der Waals surface area contributed by atoms with Gasteiger partial charge in [-0.05, 0) is 37.0 Å². The monoisotopic (exact) mass is 321 g/mol. The van der Waals surface area contributed by atoms with E-state index in [-0.39, 0.29) is 18.4 Å². The Morgan fingerprint density at radius 1 is 1.36 bits per heavy atom. The Morgan fingerprint density at radius 3 is 2.77 bits per heavy atom. The fraction of sp³-hybridized carbons (Fsp3) is 0.400. The molecule has 0 bridgehead atoms. The molecule has 1 aromatic rings. The van der Waals surface area contributed by atoms with Crippen molar-refractivity contribution in [3.63, 3.8) is 0 Å². The van der Waals surface area contributed by atoms with Gasteiger partial charge in [-0.2, -0.15) is 11.8 Å². The van der Waals surface area contributed by atoms with Crippen LogP contribution in [0.25, 0.3) is 0 Å². The number of para-hydroxylation sites is 1. The van der Waals surface area contributed by atoms with Gasteiger partial charge in [-0.25, -0.2) is 4.79 Å². The maximum Gasteiger partial charge on any atom is 0.325 e. The number of carbonyl (C=O) groups excluding carboxylic acids is 3. The number of nitrogens with one attached hydrogen (secondary N) is 2. The van der Waals surface area contributed by atoms with E-state index in [2.05, 4.69) is 10.6 Å². The lowest BCUT2D eigenvalue weighted by molar-refractivity contribution is -0.130. The molecule has 2 rings (SSSR count). The van der Waals surface area contributed by atoms with E-state index < -0.39 is 12.1 Å². The summed E-state index contributed by atoms with van der Waals surface area (Å²) in [6, 6.07) is 6.32. The molecule has 0 unspecified atom stereocenters. The van der Waals surface area contributed by atoms with Crippen LogP contribution in [-0.2, 0) is 9.59 Å². The number of benzene rings is 1. The molecule has 0 radical (unpaired) electrons. The summed E-state index contributed by atoms with van der Waals surface area (Å²) < 4.78 is 0. The number of amides is 4. The number of imide groups is 1. The highest BCUT2D eigenvalue weighted by atomic mass is 32.2. The molecule has 1 atom stereocenters. The molecule has 1 aliphatic heterocycles. The number of hydrogen-bond donors (Lipinski definition) is 2. The minimum absolute atomic E-state index is 0.269. The zero-order valence-electron chi connectivity index (χ0n) is 12.6. The molecule has 1 saturated heterocycles. The molecule has 1 heterocycles. The lowest BCUT2D eigenvalue weighted by Crippen LogP contribution is -2.38. The second-order valence-electron chi connectivity index (χ2n) is 5.07. The van der Waals surface area contributed by atoms with Crippen molar-refractivity contribution in [2.24, 2.45) is 0 Å². The van der Waals surface area contributed by atoms with Gasteiger partial charge in [0.1, 0.15) is 12.6 Å². The third kappa shape index (κ3) is 3.79. The molecule has 1 fully saturated rings. The molecule has 118 valence electrons. The Balaban J connectivity index is 1.95. The van der Waals surface area contributed by atoms with E-state index in [9.17, 15) is 14.4 Å². The summed E-state index contributed by atoms with van der Waals surface area (Å²) in [6.45, 7) is 1.61. The number of urea groups is 1. The van der Waals surface area contributed by atoms with Gasteiger partial charge in [0.2, 0.25) is 5.91 Å². The minimum Gasteiger partial charge on any atom is -0.326 e. The van der Waals surface area contributed by atoms with Crippen LogP contribution in [0.2, 0.25) is 0 Å². The number of anilines is 1. The highest BCUT2D eigenvalue weighted by molar-refractivity contribution is 7.98. The van der Waals surface area contributed by atoms with Crippen molar-refractivity contribution in [3.05, 3.63) is 29.8 Å². The van der Waals surface area contributed by atoms with E-state index in [1.165, 1.54) is 0 Å². The van der Waals surface area contributed by atoms with Crippen molar-refractivity contribution in [3.8, 4) is 0 Å². The van der Waals surface area contributed by atoms with Gasteiger partial charge in [0.05, 0.1) is 0 Å². The fourth-order valence-corrected chi connectivity index (χ4v) is 2.68. The quantitative estimate of drug-likeness (QED) is 0.780. The molecule has 7 heteroatoms. The van der Waals surface area contributed by atoms with Crippen LogP contribution in [0.4, 0.5) is 10.5 Å². The first kappa shape index (κ1) is 16.4. The maximum absolute atomic E-state index is 12.1. The first-order valence-corrected chi connectivity index (χ1v) is 8.38. The van der Waals surface area contributed by atoms with E-state index >= 15 is 0 Å². The van der Waals surface area contributed by atoms with Crippen molar-refractivity contribution in [2.45, 2.75) is 19.4 Å². The van der Waals surface area contributed by atoms with Gasteiger partial charge in [-0.15, -0.1) is 0 Å². The lowest BCUT2D eigenvalue weighted by atomic mass is 10.2. The van der Waals surface area contributed by atoms with Gasteiger partial charge in [0.15, 0.2) is 0 Å². The Labute approximate surface area is 133 Å². The van der Waals surface area contributed by atoms with Gasteiger partial charge < -0.3 is 10.6 Å². The summed E-state index contributed by atoms with van der Waals surface area (Å²) >= 11 is 1.61. The van der Waals surface area contributed by atoms with Gasteiger partial charge in [0, 0.05) is 5.69 Å². The van der Waals surface area contributed by atoms with Crippen LogP contribution in [0.3, 0.4) is 0 Å². The average molecular weight is 321 g/mol. The average Bonchev–Trinajstić information content (AvgIpc) is 2.75. The first-order chi connectivity index (χ1) is 10.5. The summed E-state index contributed by atoms with van der Waals surface area (Å²) in [4.78, 5) is 37.0. The Bertz CT molecular complexity index is 591. The number of nitrogens with zero attached hydrogens (tertiary/aromatic N) is 1. The summed E-state index contributed by atoms with van der Waals surface area (Å²) in [5.41, 5.74) is 1.60. The summed E-state index contributed by atoms with van der Waals surface area (Å²) in [6.07, 6.45) is 2.51. The molecule has 1 aromatic carbocycles. The Kier molecular flexibility index (Phi) is 5.43. The summed E-state index contributed by atoms with van der Waals surface area (Å²) in [5, 5.41) is 5.33. The number of rotatable bonds is 6. The molecular weight excluding hydrogens is 302 g/mol. The first-order valence-electron chi connectivity index (χ1n) is 6.99. The fourth-order valence-electron chi connectivity index (χ4n) is 2.20. The van der Waals surface area contributed by atoms with E-state index in [0.29, 0.717) is 12.1 Å². The highest BCUT2D eigenvalue weighted by Crippen LogP contribution is 2.15. The van der Waals surface area contributed by atoms with Crippen LogP contribution in [0.15, 0.2) is 24.3 Å². The largest absolute Gasteiger partial charge is 0.326 e. The number of carbonyl (C=O) groups is 3. The normalized spacial score (nSPS) is 17.5. The van der Waals surface area contributed by atoms with Gasteiger partial charge in [0.25, 0.3) is 5.91 Å². The molecule has 22 heavy (non-hydrogen) atoms. The van der Waals surface area contributed by atoms with Crippen LogP contribution < -0.4 is 10.6 Å². The zero-order chi connectivity index (χ0) is 16.1. The molecule has 0 spiro atoms. The summed E-state index contributed by atoms with van der Waals surface area (Å²) in [5.74, 6) is 0.0576. The minimum atomic E-state index is -0.522. The van der Waals surface area contributed by atoms with Crippen molar-refractivity contribution in [2.75, 3.05) is 23.9 Å². The van der Waals surface area contributed by atoms with E-state index in [1.54, 1.807) is 17.8 Å². The smallest absolute Gasteiger partial charge is 0.325 e. The topological polar surface area (TPSA) is 78.5 Å². The highest BCUT2D eigenvalue weighted by Gasteiger charge is 2.38. The van der Waals surface area contributed by atoms with Gasteiger partial charge in [-0.3, -0.25) is 14.5 Å². The lowest BCUT2D eigenvalue weighted by Gasteiger charge is -2.14. The third-order valence-corrected chi connectivity index (χ3v) is 4.08. The number of thioether (sulfide) groups is 1. The Hall–Kier alpha value is -2.02. The predicted octanol–water partition coefficient (Wildman–Crippen LogP) is 1.61. The van der Waals surface area contributed by atoms with Crippen molar-refractivity contribution in [1.82, 2.24) is 10.2 Å². The molecule has 6 nitrogen and oxygen atoms in total. The predicted molar refractivity (Wildman–Crippen MR) is 86.8 cm³/mol. The Morgan fingerprint density at radius 2 is 2.09 bits per heavy atom. The number of hydrogen-bond acceptors (Lipinski definition) is 4. The van der Waals surface area contributed by atoms with Gasteiger partial charge >= 0.3 is 6.03 Å². The zero-order valence-corrected chi connectivity index (χ0v) is 13.4. The molecular formula is C15H19N3O3S.